The smallest absolute Gasteiger partial charge is 0.271 e. The Balaban J connectivity index is 2.25. The van der Waals surface area contributed by atoms with Crippen molar-refractivity contribution in [3.63, 3.8) is 0 Å². The Morgan fingerprint density at radius 3 is 2.84 bits per heavy atom. The van der Waals surface area contributed by atoms with Gasteiger partial charge in [-0.05, 0) is 18.9 Å². The minimum atomic E-state index is -0.329. The molecule has 0 bridgehead atoms. The SMILES string of the molecule is CCC1CN(c2cccc([N+](=O)[O-])c2)C(CC)CN1. The van der Waals surface area contributed by atoms with E-state index in [1.54, 1.807) is 18.2 Å². The standard InChI is InChI=1S/C14H21N3O2/c1-3-11-10-16(12(4-2)9-15-11)13-6-5-7-14(8-13)17(18)19/h5-8,11-12,15H,3-4,9-10H2,1-2H3. The zero-order chi connectivity index (χ0) is 13.8. The normalized spacial score (nSPS) is 23.4. The van der Waals surface area contributed by atoms with Crippen molar-refractivity contribution in [3.05, 3.63) is 34.4 Å². The van der Waals surface area contributed by atoms with Crippen molar-refractivity contribution in [1.82, 2.24) is 5.32 Å². The van der Waals surface area contributed by atoms with Gasteiger partial charge < -0.3 is 10.2 Å². The van der Waals surface area contributed by atoms with Crippen LogP contribution in [-0.2, 0) is 0 Å². The fourth-order valence-corrected chi connectivity index (χ4v) is 2.60. The van der Waals surface area contributed by atoms with E-state index in [4.69, 9.17) is 0 Å². The predicted molar refractivity (Wildman–Crippen MR) is 76.6 cm³/mol. The van der Waals surface area contributed by atoms with Gasteiger partial charge in [0, 0.05) is 43.0 Å². The molecule has 104 valence electrons. The number of nitrogens with one attached hydrogen (secondary N) is 1. The monoisotopic (exact) mass is 263 g/mol. The molecule has 2 unspecified atom stereocenters. The third-order valence-corrected chi connectivity index (χ3v) is 3.84. The van der Waals surface area contributed by atoms with E-state index in [9.17, 15) is 10.1 Å². The second kappa shape index (κ2) is 6.02. The molecule has 1 heterocycles. The van der Waals surface area contributed by atoms with Crippen LogP contribution in [0.25, 0.3) is 0 Å². The van der Waals surface area contributed by atoms with Crippen molar-refractivity contribution in [2.75, 3.05) is 18.0 Å². The lowest BCUT2D eigenvalue weighted by Crippen LogP contribution is -2.56. The largest absolute Gasteiger partial charge is 0.366 e. The second-order valence-electron chi connectivity index (χ2n) is 5.00. The number of rotatable bonds is 4. The van der Waals surface area contributed by atoms with Crippen LogP contribution >= 0.6 is 0 Å². The molecule has 2 atom stereocenters. The Hall–Kier alpha value is -1.62. The fraction of sp³-hybridized carbons (Fsp3) is 0.571. The van der Waals surface area contributed by atoms with Crippen LogP contribution in [-0.4, -0.2) is 30.1 Å². The number of benzene rings is 1. The molecular weight excluding hydrogens is 242 g/mol. The molecule has 0 aliphatic carbocycles. The van der Waals surface area contributed by atoms with Gasteiger partial charge in [-0.1, -0.05) is 19.9 Å². The van der Waals surface area contributed by atoms with Gasteiger partial charge in [-0.15, -0.1) is 0 Å². The molecule has 1 aromatic rings. The molecule has 1 aromatic carbocycles. The van der Waals surface area contributed by atoms with Gasteiger partial charge in [0.05, 0.1) is 4.92 Å². The summed E-state index contributed by atoms with van der Waals surface area (Å²) in [6.45, 7) is 6.17. The molecule has 5 heteroatoms. The average molecular weight is 263 g/mol. The highest BCUT2D eigenvalue weighted by atomic mass is 16.6. The first kappa shape index (κ1) is 13.8. The van der Waals surface area contributed by atoms with E-state index < -0.39 is 0 Å². The zero-order valence-electron chi connectivity index (χ0n) is 11.5. The molecular formula is C14H21N3O2. The first-order valence-corrected chi connectivity index (χ1v) is 6.90. The Morgan fingerprint density at radius 2 is 2.21 bits per heavy atom. The summed E-state index contributed by atoms with van der Waals surface area (Å²) in [5, 5.41) is 14.4. The van der Waals surface area contributed by atoms with Crippen LogP contribution in [0.15, 0.2) is 24.3 Å². The molecule has 1 aliphatic heterocycles. The first-order valence-electron chi connectivity index (χ1n) is 6.90. The lowest BCUT2D eigenvalue weighted by molar-refractivity contribution is -0.384. The van der Waals surface area contributed by atoms with Gasteiger partial charge in [-0.3, -0.25) is 10.1 Å². The molecule has 19 heavy (non-hydrogen) atoms. The zero-order valence-corrected chi connectivity index (χ0v) is 11.5. The molecule has 1 fully saturated rings. The number of non-ortho nitro benzene ring substituents is 1. The van der Waals surface area contributed by atoms with Crippen molar-refractivity contribution < 1.29 is 4.92 Å². The van der Waals surface area contributed by atoms with Crippen molar-refractivity contribution in [2.24, 2.45) is 0 Å². The molecule has 0 radical (unpaired) electrons. The minimum Gasteiger partial charge on any atom is -0.366 e. The number of nitro benzene ring substituents is 1. The molecule has 1 aliphatic rings. The molecule has 5 nitrogen and oxygen atoms in total. The highest BCUT2D eigenvalue weighted by molar-refractivity contribution is 5.54. The molecule has 1 saturated heterocycles. The molecule has 0 spiro atoms. The number of nitrogens with zero attached hydrogens (tertiary/aromatic N) is 2. The molecule has 0 saturated carbocycles. The van der Waals surface area contributed by atoms with E-state index in [2.05, 4.69) is 24.1 Å². The summed E-state index contributed by atoms with van der Waals surface area (Å²) in [5.74, 6) is 0. The Bertz CT molecular complexity index is 450. The highest BCUT2D eigenvalue weighted by Crippen LogP contribution is 2.25. The lowest BCUT2D eigenvalue weighted by Gasteiger charge is -2.41. The lowest BCUT2D eigenvalue weighted by atomic mass is 10.0. The summed E-state index contributed by atoms with van der Waals surface area (Å²) in [5.41, 5.74) is 1.12. The van der Waals surface area contributed by atoms with Crippen molar-refractivity contribution in [3.8, 4) is 0 Å². The summed E-state index contributed by atoms with van der Waals surface area (Å²) in [4.78, 5) is 12.9. The predicted octanol–water partition coefficient (Wildman–Crippen LogP) is 2.56. The minimum absolute atomic E-state index is 0.166. The van der Waals surface area contributed by atoms with Crippen LogP contribution < -0.4 is 10.2 Å². The Morgan fingerprint density at radius 1 is 1.42 bits per heavy atom. The fourth-order valence-electron chi connectivity index (χ4n) is 2.60. The number of hydrogen-bond donors (Lipinski definition) is 1. The molecule has 2 rings (SSSR count). The van der Waals surface area contributed by atoms with Gasteiger partial charge in [-0.2, -0.15) is 0 Å². The Kier molecular flexibility index (Phi) is 4.37. The highest BCUT2D eigenvalue weighted by Gasteiger charge is 2.26. The topological polar surface area (TPSA) is 58.4 Å². The maximum Gasteiger partial charge on any atom is 0.271 e. The summed E-state index contributed by atoms with van der Waals surface area (Å²) < 4.78 is 0. The summed E-state index contributed by atoms with van der Waals surface area (Å²) in [7, 11) is 0. The van der Waals surface area contributed by atoms with E-state index in [1.165, 1.54) is 0 Å². The summed E-state index contributed by atoms with van der Waals surface area (Å²) in [6, 6.07) is 7.83. The van der Waals surface area contributed by atoms with E-state index in [-0.39, 0.29) is 10.6 Å². The van der Waals surface area contributed by atoms with E-state index in [0.29, 0.717) is 12.1 Å². The number of piperazine rings is 1. The summed E-state index contributed by atoms with van der Waals surface area (Å²) >= 11 is 0. The molecule has 0 aromatic heterocycles. The van der Waals surface area contributed by atoms with Gasteiger partial charge >= 0.3 is 0 Å². The van der Waals surface area contributed by atoms with Crippen LogP contribution in [0.2, 0.25) is 0 Å². The maximum atomic E-state index is 10.9. The molecule has 0 amide bonds. The van der Waals surface area contributed by atoms with Gasteiger partial charge in [-0.25, -0.2) is 0 Å². The van der Waals surface area contributed by atoms with Crippen LogP contribution in [0.4, 0.5) is 11.4 Å². The second-order valence-corrected chi connectivity index (χ2v) is 5.00. The van der Waals surface area contributed by atoms with Gasteiger partial charge in [0.1, 0.15) is 0 Å². The number of nitro groups is 1. The number of anilines is 1. The van der Waals surface area contributed by atoms with Crippen molar-refractivity contribution in [2.45, 2.75) is 38.8 Å². The van der Waals surface area contributed by atoms with Crippen molar-refractivity contribution >= 4 is 11.4 Å². The van der Waals surface area contributed by atoms with Gasteiger partial charge in [0.25, 0.3) is 5.69 Å². The van der Waals surface area contributed by atoms with E-state index in [0.717, 1.165) is 31.6 Å². The molecule has 1 N–H and O–H groups in total. The quantitative estimate of drug-likeness (QED) is 0.670. The third kappa shape index (κ3) is 3.04. The van der Waals surface area contributed by atoms with Crippen LogP contribution in [0.5, 0.6) is 0 Å². The summed E-state index contributed by atoms with van der Waals surface area (Å²) in [6.07, 6.45) is 2.11. The van der Waals surface area contributed by atoms with E-state index in [1.807, 2.05) is 6.07 Å². The third-order valence-electron chi connectivity index (χ3n) is 3.84. The Labute approximate surface area is 113 Å². The van der Waals surface area contributed by atoms with Crippen molar-refractivity contribution in [1.29, 1.82) is 0 Å². The average Bonchev–Trinajstić information content (AvgIpc) is 2.46. The van der Waals surface area contributed by atoms with Crippen LogP contribution in [0.1, 0.15) is 26.7 Å². The van der Waals surface area contributed by atoms with Crippen LogP contribution in [0, 0.1) is 10.1 Å². The van der Waals surface area contributed by atoms with Crippen LogP contribution in [0.3, 0.4) is 0 Å². The number of hydrogen-bond acceptors (Lipinski definition) is 4. The first-order chi connectivity index (χ1) is 9.15. The van der Waals surface area contributed by atoms with E-state index >= 15 is 0 Å². The van der Waals surface area contributed by atoms with Gasteiger partial charge in [0.2, 0.25) is 0 Å². The van der Waals surface area contributed by atoms with Gasteiger partial charge in [0.15, 0.2) is 0 Å². The maximum absolute atomic E-state index is 10.9.